The number of anilines is 1. The lowest BCUT2D eigenvalue weighted by molar-refractivity contribution is 0.0663. The molecule has 0 aliphatic carbocycles. The lowest BCUT2D eigenvalue weighted by atomic mass is 9.87. The fourth-order valence-corrected chi connectivity index (χ4v) is 3.29. The molecule has 0 saturated heterocycles. The second-order valence-electron chi connectivity index (χ2n) is 8.18. The first-order chi connectivity index (χ1) is 14.6. The van der Waals surface area contributed by atoms with E-state index in [0.717, 1.165) is 16.7 Å². The number of furan rings is 1. The molecule has 0 radical (unpaired) electrons. The summed E-state index contributed by atoms with van der Waals surface area (Å²) in [5.41, 5.74) is 3.87. The summed E-state index contributed by atoms with van der Waals surface area (Å²) < 4.78 is 5.40. The molecule has 31 heavy (non-hydrogen) atoms. The van der Waals surface area contributed by atoms with Crippen molar-refractivity contribution in [2.45, 2.75) is 33.1 Å². The molecule has 3 aromatic rings. The molecule has 0 saturated carbocycles. The number of rotatable bonds is 4. The van der Waals surface area contributed by atoms with Gasteiger partial charge in [-0.2, -0.15) is 0 Å². The minimum atomic E-state index is -1.13. The quantitative estimate of drug-likeness (QED) is 0.476. The van der Waals surface area contributed by atoms with E-state index in [2.05, 4.69) is 31.4 Å². The summed E-state index contributed by atoms with van der Waals surface area (Å²) in [4.78, 5) is 23.6. The van der Waals surface area contributed by atoms with Gasteiger partial charge in [-0.3, -0.25) is 10.1 Å². The first kappa shape index (κ1) is 22.2. The van der Waals surface area contributed by atoms with Gasteiger partial charge in [0.15, 0.2) is 5.11 Å². The van der Waals surface area contributed by atoms with Gasteiger partial charge < -0.3 is 14.8 Å². The lowest BCUT2D eigenvalue weighted by Crippen LogP contribution is -2.34. The smallest absolute Gasteiger partial charge is 0.371 e. The number of hydrogen-bond donors (Lipinski definition) is 3. The molecular weight excluding hydrogens is 412 g/mol. The van der Waals surface area contributed by atoms with Crippen LogP contribution in [-0.4, -0.2) is 22.1 Å². The molecule has 6 nitrogen and oxygen atoms in total. The second-order valence-corrected chi connectivity index (χ2v) is 8.59. The predicted molar refractivity (Wildman–Crippen MR) is 125 cm³/mol. The maximum absolute atomic E-state index is 12.5. The minimum Gasteiger partial charge on any atom is -0.475 e. The van der Waals surface area contributed by atoms with Crippen LogP contribution in [-0.2, 0) is 5.41 Å². The number of carboxylic acid groups (broad SMARTS) is 1. The molecule has 3 N–H and O–H groups in total. The monoisotopic (exact) mass is 436 g/mol. The summed E-state index contributed by atoms with van der Waals surface area (Å²) >= 11 is 5.31. The third-order valence-electron chi connectivity index (χ3n) is 4.90. The van der Waals surface area contributed by atoms with E-state index in [0.29, 0.717) is 17.0 Å². The van der Waals surface area contributed by atoms with E-state index in [9.17, 15) is 9.59 Å². The Morgan fingerprint density at radius 3 is 2.26 bits per heavy atom. The Balaban J connectivity index is 1.71. The van der Waals surface area contributed by atoms with Crippen LogP contribution in [0, 0.1) is 6.92 Å². The van der Waals surface area contributed by atoms with Crippen molar-refractivity contribution in [3.63, 3.8) is 0 Å². The summed E-state index contributed by atoms with van der Waals surface area (Å²) in [5, 5.41) is 14.9. The van der Waals surface area contributed by atoms with Gasteiger partial charge in [-0.25, -0.2) is 4.79 Å². The molecule has 7 heteroatoms. The zero-order valence-electron chi connectivity index (χ0n) is 17.8. The highest BCUT2D eigenvalue weighted by Crippen LogP contribution is 2.30. The minimum absolute atomic E-state index is 0.00757. The normalized spacial score (nSPS) is 11.1. The SMILES string of the molecule is Cc1c(NC(=S)NC(=O)c2ccc(C(C)(C)C)cc2)cccc1-c1ccc(C(=O)O)o1. The fraction of sp³-hybridized carbons (Fsp3) is 0.208. The van der Waals surface area contributed by atoms with Crippen LogP contribution in [0.4, 0.5) is 5.69 Å². The Hall–Kier alpha value is -3.45. The molecule has 0 aliphatic heterocycles. The molecule has 0 atom stereocenters. The Bertz CT molecular complexity index is 1140. The van der Waals surface area contributed by atoms with Crippen LogP contribution in [0.15, 0.2) is 59.0 Å². The third kappa shape index (κ3) is 5.19. The number of hydrogen-bond acceptors (Lipinski definition) is 4. The van der Waals surface area contributed by atoms with Crippen molar-refractivity contribution in [3.8, 4) is 11.3 Å². The number of nitrogens with one attached hydrogen (secondary N) is 2. The van der Waals surface area contributed by atoms with Gasteiger partial charge in [0, 0.05) is 16.8 Å². The first-order valence-corrected chi connectivity index (χ1v) is 10.1. The van der Waals surface area contributed by atoms with Crippen LogP contribution in [0.25, 0.3) is 11.3 Å². The van der Waals surface area contributed by atoms with Crippen LogP contribution < -0.4 is 10.6 Å². The molecule has 0 unspecified atom stereocenters. The molecule has 3 rings (SSSR count). The number of thiocarbonyl (C=S) groups is 1. The van der Waals surface area contributed by atoms with E-state index in [1.807, 2.05) is 31.2 Å². The number of amides is 1. The van der Waals surface area contributed by atoms with Crippen LogP contribution in [0.5, 0.6) is 0 Å². The van der Waals surface area contributed by atoms with Crippen molar-refractivity contribution in [1.29, 1.82) is 0 Å². The van der Waals surface area contributed by atoms with Crippen LogP contribution in [0.1, 0.15) is 52.8 Å². The first-order valence-electron chi connectivity index (χ1n) is 9.72. The van der Waals surface area contributed by atoms with Crippen molar-refractivity contribution in [1.82, 2.24) is 5.32 Å². The number of carbonyl (C=O) groups is 2. The average molecular weight is 437 g/mol. The van der Waals surface area contributed by atoms with E-state index in [1.165, 1.54) is 6.07 Å². The topological polar surface area (TPSA) is 91.6 Å². The Kier molecular flexibility index (Phi) is 6.27. The zero-order valence-corrected chi connectivity index (χ0v) is 18.6. The van der Waals surface area contributed by atoms with Crippen molar-refractivity contribution in [3.05, 3.63) is 77.0 Å². The largest absolute Gasteiger partial charge is 0.475 e. The molecule has 0 aliphatic rings. The van der Waals surface area contributed by atoms with E-state index >= 15 is 0 Å². The van der Waals surface area contributed by atoms with Crippen molar-refractivity contribution in [2.75, 3.05) is 5.32 Å². The summed E-state index contributed by atoms with van der Waals surface area (Å²) in [7, 11) is 0. The van der Waals surface area contributed by atoms with Gasteiger partial charge in [-0.05, 0) is 66.0 Å². The zero-order chi connectivity index (χ0) is 22.8. The van der Waals surface area contributed by atoms with Gasteiger partial charge in [0.05, 0.1) is 0 Å². The number of carboxylic acids is 1. The highest BCUT2D eigenvalue weighted by Gasteiger charge is 2.16. The van der Waals surface area contributed by atoms with Crippen LogP contribution in [0.2, 0.25) is 0 Å². The van der Waals surface area contributed by atoms with Gasteiger partial charge in [0.25, 0.3) is 5.91 Å². The summed E-state index contributed by atoms with van der Waals surface area (Å²) in [5.74, 6) is -1.12. The van der Waals surface area contributed by atoms with E-state index in [-0.39, 0.29) is 22.2 Å². The average Bonchev–Trinajstić information content (AvgIpc) is 3.19. The maximum Gasteiger partial charge on any atom is 0.371 e. The summed E-state index contributed by atoms with van der Waals surface area (Å²) in [6, 6.07) is 15.9. The van der Waals surface area contributed by atoms with Crippen molar-refractivity contribution < 1.29 is 19.1 Å². The molecule has 2 aromatic carbocycles. The standard InChI is InChI=1S/C24H24N2O4S/c1-14-17(19-12-13-20(30-19)22(28)29)6-5-7-18(14)25-23(31)26-21(27)15-8-10-16(11-9-15)24(2,3)4/h5-13H,1-4H3,(H,28,29)(H2,25,26,27,31). The van der Waals surface area contributed by atoms with Gasteiger partial charge in [0.2, 0.25) is 5.76 Å². The lowest BCUT2D eigenvalue weighted by Gasteiger charge is -2.19. The molecule has 160 valence electrons. The second kappa shape index (κ2) is 8.73. The van der Waals surface area contributed by atoms with Gasteiger partial charge in [-0.15, -0.1) is 0 Å². The summed E-state index contributed by atoms with van der Waals surface area (Å²) in [6.45, 7) is 8.20. The molecule has 1 amide bonds. The molecule has 0 bridgehead atoms. The highest BCUT2D eigenvalue weighted by molar-refractivity contribution is 7.80. The van der Waals surface area contributed by atoms with E-state index in [4.69, 9.17) is 21.7 Å². The van der Waals surface area contributed by atoms with Gasteiger partial charge in [0.1, 0.15) is 5.76 Å². The third-order valence-corrected chi connectivity index (χ3v) is 5.11. The number of aromatic carboxylic acids is 1. The highest BCUT2D eigenvalue weighted by atomic mass is 32.1. The Morgan fingerprint density at radius 2 is 1.68 bits per heavy atom. The summed E-state index contributed by atoms with van der Waals surface area (Å²) in [6.07, 6.45) is 0. The van der Waals surface area contributed by atoms with Gasteiger partial charge >= 0.3 is 5.97 Å². The number of carbonyl (C=O) groups excluding carboxylic acids is 1. The number of benzene rings is 2. The molecule has 1 aromatic heterocycles. The van der Waals surface area contributed by atoms with Crippen molar-refractivity contribution in [2.24, 2.45) is 0 Å². The molecule has 0 fully saturated rings. The molecular formula is C24H24N2O4S. The fourth-order valence-electron chi connectivity index (χ4n) is 3.09. The maximum atomic E-state index is 12.5. The van der Waals surface area contributed by atoms with E-state index in [1.54, 1.807) is 24.3 Å². The van der Waals surface area contributed by atoms with Crippen LogP contribution in [0.3, 0.4) is 0 Å². The Labute approximate surface area is 186 Å². The molecule has 1 heterocycles. The molecule has 0 spiro atoms. The van der Waals surface area contributed by atoms with Crippen LogP contribution >= 0.6 is 12.2 Å². The predicted octanol–water partition coefficient (Wildman–Crippen LogP) is 5.38. The van der Waals surface area contributed by atoms with E-state index < -0.39 is 5.97 Å². The van der Waals surface area contributed by atoms with Gasteiger partial charge in [-0.1, -0.05) is 45.0 Å². The Morgan fingerprint density at radius 1 is 1.00 bits per heavy atom. The van der Waals surface area contributed by atoms with Crippen molar-refractivity contribution >= 4 is 34.9 Å².